The largest absolute Gasteiger partial charge is 0.338 e. The average molecular weight is 246 g/mol. The Kier molecular flexibility index (Phi) is 4.37. The lowest BCUT2D eigenvalue weighted by molar-refractivity contribution is 0.0674. The van der Waals surface area contributed by atoms with Gasteiger partial charge in [-0.15, -0.1) is 0 Å². The van der Waals surface area contributed by atoms with E-state index in [0.29, 0.717) is 5.92 Å². The summed E-state index contributed by atoms with van der Waals surface area (Å²) in [7, 11) is 1.97. The van der Waals surface area contributed by atoms with Crippen LogP contribution in [0, 0.1) is 12.8 Å². The predicted octanol–water partition coefficient (Wildman–Crippen LogP) is 2.07. The van der Waals surface area contributed by atoms with E-state index in [2.05, 4.69) is 5.32 Å². The first-order valence-electron chi connectivity index (χ1n) is 6.71. The van der Waals surface area contributed by atoms with Crippen LogP contribution >= 0.6 is 0 Å². The molecule has 98 valence electrons. The van der Waals surface area contributed by atoms with E-state index in [0.717, 1.165) is 37.2 Å². The topological polar surface area (TPSA) is 32.3 Å². The van der Waals surface area contributed by atoms with E-state index in [4.69, 9.17) is 0 Å². The van der Waals surface area contributed by atoms with Gasteiger partial charge in [0, 0.05) is 18.7 Å². The third-order valence-electron chi connectivity index (χ3n) is 3.56. The number of carbonyl (C=O) groups is 1. The lowest BCUT2D eigenvalue weighted by Crippen LogP contribution is -2.42. The molecule has 18 heavy (non-hydrogen) atoms. The van der Waals surface area contributed by atoms with Crippen LogP contribution in [0.1, 0.15) is 28.8 Å². The molecule has 0 aromatic heterocycles. The Hall–Kier alpha value is -1.35. The van der Waals surface area contributed by atoms with Gasteiger partial charge < -0.3 is 10.2 Å². The van der Waals surface area contributed by atoms with Crippen LogP contribution < -0.4 is 5.32 Å². The Balaban J connectivity index is 2.04. The fraction of sp³-hybridized carbons (Fsp3) is 0.533. The van der Waals surface area contributed by atoms with Gasteiger partial charge in [0.2, 0.25) is 0 Å². The smallest absolute Gasteiger partial charge is 0.253 e. The molecule has 1 aromatic carbocycles. The first-order chi connectivity index (χ1) is 8.70. The number of piperidine rings is 1. The summed E-state index contributed by atoms with van der Waals surface area (Å²) in [6.45, 7) is 4.80. The van der Waals surface area contributed by atoms with Crippen LogP contribution in [0.5, 0.6) is 0 Å². The normalized spacial score (nSPS) is 19.9. The van der Waals surface area contributed by atoms with Crippen LogP contribution in [0.2, 0.25) is 0 Å². The maximum Gasteiger partial charge on any atom is 0.253 e. The summed E-state index contributed by atoms with van der Waals surface area (Å²) >= 11 is 0. The number of amides is 1. The number of hydrogen-bond donors (Lipinski definition) is 1. The number of hydrogen-bond acceptors (Lipinski definition) is 2. The number of benzene rings is 1. The SMILES string of the molecule is CNC[C@H]1CCCN(C(=O)c2cccc(C)c2)C1. The monoisotopic (exact) mass is 246 g/mol. The standard InChI is InChI=1S/C15H22N2O/c1-12-5-3-7-14(9-12)15(18)17-8-4-6-13(11-17)10-16-2/h3,5,7,9,13,16H,4,6,8,10-11H2,1-2H3/t13-/m1/s1. The summed E-state index contributed by atoms with van der Waals surface area (Å²) in [5.74, 6) is 0.775. The lowest BCUT2D eigenvalue weighted by atomic mass is 9.97. The van der Waals surface area contributed by atoms with Gasteiger partial charge in [0.05, 0.1) is 0 Å². The molecule has 2 rings (SSSR count). The lowest BCUT2D eigenvalue weighted by Gasteiger charge is -2.32. The number of aryl methyl sites for hydroxylation is 1. The number of carbonyl (C=O) groups excluding carboxylic acids is 1. The third kappa shape index (κ3) is 3.10. The number of nitrogens with one attached hydrogen (secondary N) is 1. The van der Waals surface area contributed by atoms with Gasteiger partial charge in [0.25, 0.3) is 5.91 Å². The molecule has 1 aliphatic rings. The van der Waals surface area contributed by atoms with E-state index in [1.54, 1.807) is 0 Å². The van der Waals surface area contributed by atoms with Crippen LogP contribution in [0.3, 0.4) is 0 Å². The van der Waals surface area contributed by atoms with Crippen molar-refractivity contribution in [3.8, 4) is 0 Å². The summed E-state index contributed by atoms with van der Waals surface area (Å²) in [6.07, 6.45) is 2.34. The molecule has 0 spiro atoms. The zero-order valence-corrected chi connectivity index (χ0v) is 11.3. The van der Waals surface area contributed by atoms with Crippen molar-refractivity contribution in [1.82, 2.24) is 10.2 Å². The van der Waals surface area contributed by atoms with Crippen molar-refractivity contribution >= 4 is 5.91 Å². The second-order valence-electron chi connectivity index (χ2n) is 5.19. The van der Waals surface area contributed by atoms with Gasteiger partial charge in [0.1, 0.15) is 0 Å². The van der Waals surface area contributed by atoms with Crippen molar-refractivity contribution in [1.29, 1.82) is 0 Å². The summed E-state index contributed by atoms with van der Waals surface area (Å²) in [6, 6.07) is 7.87. The van der Waals surface area contributed by atoms with Crippen molar-refractivity contribution < 1.29 is 4.79 Å². The molecule has 3 nitrogen and oxygen atoms in total. The van der Waals surface area contributed by atoms with Crippen LogP contribution in [-0.2, 0) is 0 Å². The number of nitrogens with zero attached hydrogens (tertiary/aromatic N) is 1. The summed E-state index contributed by atoms with van der Waals surface area (Å²) in [5.41, 5.74) is 1.96. The van der Waals surface area contributed by atoms with Crippen molar-refractivity contribution in [3.05, 3.63) is 35.4 Å². The quantitative estimate of drug-likeness (QED) is 0.885. The second kappa shape index (κ2) is 6.01. The zero-order valence-electron chi connectivity index (χ0n) is 11.3. The van der Waals surface area contributed by atoms with Crippen LogP contribution in [0.25, 0.3) is 0 Å². The van der Waals surface area contributed by atoms with E-state index in [1.165, 1.54) is 6.42 Å². The Bertz CT molecular complexity index is 415. The van der Waals surface area contributed by atoms with Crippen molar-refractivity contribution in [3.63, 3.8) is 0 Å². The van der Waals surface area contributed by atoms with E-state index in [1.807, 2.05) is 43.1 Å². The van der Waals surface area contributed by atoms with Gasteiger partial charge in [-0.1, -0.05) is 17.7 Å². The minimum atomic E-state index is 0.180. The Morgan fingerprint density at radius 1 is 1.50 bits per heavy atom. The van der Waals surface area contributed by atoms with Crippen LogP contribution in [0.15, 0.2) is 24.3 Å². The highest BCUT2D eigenvalue weighted by atomic mass is 16.2. The molecule has 1 aromatic rings. The zero-order chi connectivity index (χ0) is 13.0. The molecule has 1 atom stereocenters. The van der Waals surface area contributed by atoms with Gasteiger partial charge in [-0.3, -0.25) is 4.79 Å². The van der Waals surface area contributed by atoms with Gasteiger partial charge in [-0.05, 0) is 51.4 Å². The third-order valence-corrected chi connectivity index (χ3v) is 3.56. The van der Waals surface area contributed by atoms with E-state index < -0.39 is 0 Å². The Morgan fingerprint density at radius 2 is 2.33 bits per heavy atom. The molecular formula is C15H22N2O. The molecule has 0 bridgehead atoms. The van der Waals surface area contributed by atoms with Gasteiger partial charge in [0.15, 0.2) is 0 Å². The molecule has 3 heteroatoms. The molecule has 1 saturated heterocycles. The maximum absolute atomic E-state index is 12.4. The van der Waals surface area contributed by atoms with Crippen LogP contribution in [-0.4, -0.2) is 37.5 Å². The molecule has 0 saturated carbocycles. The highest BCUT2D eigenvalue weighted by Crippen LogP contribution is 2.18. The van der Waals surface area contributed by atoms with Gasteiger partial charge >= 0.3 is 0 Å². The molecule has 1 N–H and O–H groups in total. The summed E-state index contributed by atoms with van der Waals surface area (Å²) in [4.78, 5) is 14.4. The van der Waals surface area contributed by atoms with Crippen LogP contribution in [0.4, 0.5) is 0 Å². The van der Waals surface area contributed by atoms with Gasteiger partial charge in [-0.2, -0.15) is 0 Å². The van der Waals surface area contributed by atoms with E-state index in [-0.39, 0.29) is 5.91 Å². The highest BCUT2D eigenvalue weighted by Gasteiger charge is 2.23. The van der Waals surface area contributed by atoms with E-state index >= 15 is 0 Å². The summed E-state index contributed by atoms with van der Waals surface area (Å²) in [5, 5.41) is 3.21. The molecule has 1 fully saturated rings. The molecule has 0 radical (unpaired) electrons. The molecular weight excluding hydrogens is 224 g/mol. The number of rotatable bonds is 3. The fourth-order valence-corrected chi connectivity index (χ4v) is 2.67. The average Bonchev–Trinajstić information content (AvgIpc) is 2.39. The minimum Gasteiger partial charge on any atom is -0.338 e. The minimum absolute atomic E-state index is 0.180. The van der Waals surface area contributed by atoms with Crippen molar-refractivity contribution in [2.24, 2.45) is 5.92 Å². The second-order valence-corrected chi connectivity index (χ2v) is 5.19. The molecule has 0 aliphatic carbocycles. The predicted molar refractivity (Wildman–Crippen MR) is 73.7 cm³/mol. The first kappa shape index (κ1) is 13.1. The number of likely N-dealkylation sites (tertiary alicyclic amines) is 1. The van der Waals surface area contributed by atoms with Crippen molar-refractivity contribution in [2.45, 2.75) is 19.8 Å². The molecule has 1 aliphatic heterocycles. The summed E-state index contributed by atoms with van der Waals surface area (Å²) < 4.78 is 0. The molecule has 0 unspecified atom stereocenters. The first-order valence-corrected chi connectivity index (χ1v) is 6.71. The Morgan fingerprint density at radius 3 is 3.06 bits per heavy atom. The maximum atomic E-state index is 12.4. The molecule has 1 amide bonds. The molecule has 1 heterocycles. The van der Waals surface area contributed by atoms with Crippen molar-refractivity contribution in [2.75, 3.05) is 26.7 Å². The Labute approximate surface area is 109 Å². The highest BCUT2D eigenvalue weighted by molar-refractivity contribution is 5.94. The van der Waals surface area contributed by atoms with E-state index in [9.17, 15) is 4.79 Å². The fourth-order valence-electron chi connectivity index (χ4n) is 2.67. The van der Waals surface area contributed by atoms with Gasteiger partial charge in [-0.25, -0.2) is 0 Å².